The van der Waals surface area contributed by atoms with Crippen molar-refractivity contribution in [3.05, 3.63) is 35.7 Å². The fraction of sp³-hybridized carbons (Fsp3) is 0.286. The van der Waals surface area contributed by atoms with Crippen LogP contribution in [0.4, 0.5) is 0 Å². The molecule has 2 aromatic rings. The van der Waals surface area contributed by atoms with Crippen molar-refractivity contribution >= 4 is 39.2 Å². The number of fused-ring (bicyclic) bond motifs is 1. The first-order chi connectivity index (χ1) is 9.15. The fourth-order valence-corrected chi connectivity index (χ4v) is 3.20. The lowest BCUT2D eigenvalue weighted by Gasteiger charge is -2.03. The summed E-state index contributed by atoms with van der Waals surface area (Å²) in [4.78, 5) is 16.0. The van der Waals surface area contributed by atoms with E-state index in [9.17, 15) is 4.79 Å². The van der Waals surface area contributed by atoms with Gasteiger partial charge in [-0.25, -0.2) is 4.98 Å². The number of amides is 1. The Morgan fingerprint density at radius 2 is 2.26 bits per heavy atom. The normalized spacial score (nSPS) is 11.5. The van der Waals surface area contributed by atoms with Crippen LogP contribution in [0.15, 0.2) is 40.1 Å². The smallest absolute Gasteiger partial charge is 0.244 e. The Bertz CT molecular complexity index is 557. The minimum Gasteiger partial charge on any atom is -0.352 e. The molecule has 0 unspecified atom stereocenters. The van der Waals surface area contributed by atoms with Crippen molar-refractivity contribution in [1.29, 1.82) is 0 Å². The molecule has 0 aliphatic rings. The summed E-state index contributed by atoms with van der Waals surface area (Å²) in [6.07, 6.45) is 1.55. The van der Waals surface area contributed by atoms with Gasteiger partial charge < -0.3 is 5.32 Å². The molecule has 2 rings (SSSR count). The maximum absolute atomic E-state index is 11.5. The van der Waals surface area contributed by atoms with Gasteiger partial charge in [-0.15, -0.1) is 11.3 Å². The summed E-state index contributed by atoms with van der Waals surface area (Å²) in [5, 5.41) is 4.62. The summed E-state index contributed by atoms with van der Waals surface area (Å²) >= 11 is 3.11. The maximum atomic E-state index is 11.5. The van der Waals surface area contributed by atoms with Crippen molar-refractivity contribution < 1.29 is 4.79 Å². The Morgan fingerprint density at radius 1 is 1.47 bits per heavy atom. The highest BCUT2D eigenvalue weighted by Gasteiger charge is 2.02. The van der Waals surface area contributed by atoms with Crippen LogP contribution in [0.25, 0.3) is 10.2 Å². The highest BCUT2D eigenvalue weighted by Crippen LogP contribution is 2.29. The lowest BCUT2D eigenvalue weighted by molar-refractivity contribution is -0.116. The van der Waals surface area contributed by atoms with Crippen molar-refractivity contribution in [2.45, 2.75) is 18.2 Å². The van der Waals surface area contributed by atoms with E-state index in [2.05, 4.69) is 30.2 Å². The number of thiazole rings is 1. The molecule has 0 atom stereocenters. The monoisotopic (exact) mass is 292 g/mol. The van der Waals surface area contributed by atoms with Gasteiger partial charge in [-0.1, -0.05) is 37.7 Å². The van der Waals surface area contributed by atoms with Crippen molar-refractivity contribution in [3.63, 3.8) is 0 Å². The average molecular weight is 292 g/mol. The van der Waals surface area contributed by atoms with Gasteiger partial charge in [0.05, 0.1) is 10.2 Å². The van der Waals surface area contributed by atoms with Crippen LogP contribution in [0.2, 0.25) is 0 Å². The summed E-state index contributed by atoms with van der Waals surface area (Å²) in [5.41, 5.74) is 1.01. The third-order valence-corrected chi connectivity index (χ3v) is 4.28. The lowest BCUT2D eigenvalue weighted by atomic mass is 10.2. The van der Waals surface area contributed by atoms with E-state index < -0.39 is 0 Å². The molecule has 0 saturated carbocycles. The molecule has 5 heteroatoms. The summed E-state index contributed by atoms with van der Waals surface area (Å²) in [6.45, 7) is 4.84. The van der Waals surface area contributed by atoms with Gasteiger partial charge in [-0.05, 0) is 23.5 Å². The van der Waals surface area contributed by atoms with Crippen LogP contribution in [0.5, 0.6) is 0 Å². The van der Waals surface area contributed by atoms with E-state index in [1.54, 1.807) is 22.8 Å². The summed E-state index contributed by atoms with van der Waals surface area (Å²) in [6, 6.07) is 8.03. The minimum atomic E-state index is -0.0534. The van der Waals surface area contributed by atoms with E-state index in [4.69, 9.17) is 0 Å². The fourth-order valence-electron chi connectivity index (χ4n) is 1.42. The maximum Gasteiger partial charge on any atom is 0.244 e. The SMILES string of the molecule is CC(C)CNC(=O)/C=C\Sc1nc2ccccc2s1. The number of nitrogens with zero attached hydrogens (tertiary/aromatic N) is 1. The van der Waals surface area contributed by atoms with Gasteiger partial charge in [0.1, 0.15) is 0 Å². The molecule has 1 amide bonds. The molecule has 0 bridgehead atoms. The van der Waals surface area contributed by atoms with Gasteiger partial charge in [0.25, 0.3) is 0 Å². The van der Waals surface area contributed by atoms with Crippen LogP contribution < -0.4 is 5.32 Å². The third-order valence-electron chi connectivity index (χ3n) is 2.35. The van der Waals surface area contributed by atoms with E-state index in [0.29, 0.717) is 12.5 Å². The van der Waals surface area contributed by atoms with Gasteiger partial charge in [-0.2, -0.15) is 0 Å². The zero-order valence-corrected chi connectivity index (χ0v) is 12.6. The molecule has 100 valence electrons. The number of nitrogens with one attached hydrogen (secondary N) is 1. The highest BCUT2D eigenvalue weighted by molar-refractivity contribution is 8.03. The van der Waals surface area contributed by atoms with Crippen LogP contribution >= 0.6 is 23.1 Å². The third kappa shape index (κ3) is 4.36. The number of carbonyl (C=O) groups is 1. The summed E-state index contributed by atoms with van der Waals surface area (Å²) < 4.78 is 2.12. The molecule has 19 heavy (non-hydrogen) atoms. The minimum absolute atomic E-state index is 0.0534. The molecule has 0 aliphatic carbocycles. The van der Waals surface area contributed by atoms with Gasteiger partial charge in [0, 0.05) is 12.6 Å². The number of thioether (sulfide) groups is 1. The predicted molar refractivity (Wildman–Crippen MR) is 82.5 cm³/mol. The Hall–Kier alpha value is -1.33. The second-order valence-electron chi connectivity index (χ2n) is 4.51. The summed E-state index contributed by atoms with van der Waals surface area (Å²) in [7, 11) is 0. The van der Waals surface area contributed by atoms with Gasteiger partial charge in [0.2, 0.25) is 5.91 Å². The second kappa shape index (κ2) is 6.73. The average Bonchev–Trinajstić information content (AvgIpc) is 2.79. The van der Waals surface area contributed by atoms with Crippen molar-refractivity contribution in [2.75, 3.05) is 6.54 Å². The number of carbonyl (C=O) groups excluding carboxylic acids is 1. The van der Waals surface area contributed by atoms with Crippen LogP contribution in [-0.4, -0.2) is 17.4 Å². The Balaban J connectivity index is 1.89. The summed E-state index contributed by atoms with van der Waals surface area (Å²) in [5.74, 6) is 0.413. The molecular weight excluding hydrogens is 276 g/mol. The first-order valence-corrected chi connectivity index (χ1v) is 7.81. The molecule has 1 heterocycles. The van der Waals surface area contributed by atoms with Crippen molar-refractivity contribution in [3.8, 4) is 0 Å². The van der Waals surface area contributed by atoms with E-state index in [1.807, 2.05) is 18.2 Å². The Morgan fingerprint density at radius 3 is 3.00 bits per heavy atom. The molecule has 1 N–H and O–H groups in total. The van der Waals surface area contributed by atoms with Crippen LogP contribution in [0.1, 0.15) is 13.8 Å². The Labute approximate surface area is 121 Å². The Kier molecular flexibility index (Phi) is 4.99. The van der Waals surface area contributed by atoms with Crippen LogP contribution in [-0.2, 0) is 4.79 Å². The molecule has 0 saturated heterocycles. The zero-order chi connectivity index (χ0) is 13.7. The van der Waals surface area contributed by atoms with Gasteiger partial charge in [0.15, 0.2) is 4.34 Å². The second-order valence-corrected chi connectivity index (χ2v) is 6.69. The molecule has 0 spiro atoms. The van der Waals surface area contributed by atoms with E-state index >= 15 is 0 Å². The van der Waals surface area contributed by atoms with E-state index in [-0.39, 0.29) is 5.91 Å². The standard InChI is InChI=1S/C14H16N2OS2/c1-10(2)9-15-13(17)7-8-18-14-16-11-5-3-4-6-12(11)19-14/h3-8,10H,9H2,1-2H3,(H,15,17)/b8-7-. The number of hydrogen-bond donors (Lipinski definition) is 1. The lowest BCUT2D eigenvalue weighted by Crippen LogP contribution is -2.25. The number of rotatable bonds is 5. The number of benzene rings is 1. The molecule has 1 aromatic carbocycles. The molecular formula is C14H16N2OS2. The highest BCUT2D eigenvalue weighted by atomic mass is 32.2. The zero-order valence-electron chi connectivity index (χ0n) is 10.9. The molecule has 0 aliphatic heterocycles. The number of para-hydroxylation sites is 1. The molecule has 1 aromatic heterocycles. The van der Waals surface area contributed by atoms with Crippen molar-refractivity contribution in [2.24, 2.45) is 5.92 Å². The molecule has 0 radical (unpaired) electrons. The van der Waals surface area contributed by atoms with Gasteiger partial charge >= 0.3 is 0 Å². The number of hydrogen-bond acceptors (Lipinski definition) is 4. The molecule has 3 nitrogen and oxygen atoms in total. The quantitative estimate of drug-likeness (QED) is 0.675. The van der Waals surface area contributed by atoms with Crippen LogP contribution in [0, 0.1) is 5.92 Å². The first kappa shape index (κ1) is 14.1. The first-order valence-electron chi connectivity index (χ1n) is 6.12. The number of aromatic nitrogens is 1. The van der Waals surface area contributed by atoms with E-state index in [1.165, 1.54) is 16.5 Å². The predicted octanol–water partition coefficient (Wildman–Crippen LogP) is 3.67. The van der Waals surface area contributed by atoms with Crippen molar-refractivity contribution in [1.82, 2.24) is 10.3 Å². The topological polar surface area (TPSA) is 42.0 Å². The van der Waals surface area contributed by atoms with Gasteiger partial charge in [-0.3, -0.25) is 4.79 Å². The van der Waals surface area contributed by atoms with Crippen LogP contribution in [0.3, 0.4) is 0 Å². The molecule has 0 fully saturated rings. The van der Waals surface area contributed by atoms with E-state index in [0.717, 1.165) is 9.86 Å². The largest absolute Gasteiger partial charge is 0.352 e.